The Hall–Kier alpha value is -2.49. The van der Waals surface area contributed by atoms with Gasteiger partial charge in [0.25, 0.3) is 0 Å². The van der Waals surface area contributed by atoms with Crippen molar-refractivity contribution in [2.24, 2.45) is 7.05 Å². The maximum absolute atomic E-state index is 12.5. The van der Waals surface area contributed by atoms with Crippen LogP contribution in [0.3, 0.4) is 0 Å². The molecule has 1 aromatic heterocycles. The molecular formula is C23H21Cl2N3O4S. The molecule has 33 heavy (non-hydrogen) atoms. The molecule has 172 valence electrons. The summed E-state index contributed by atoms with van der Waals surface area (Å²) in [6.07, 6.45) is 4.90. The van der Waals surface area contributed by atoms with Crippen LogP contribution >= 0.6 is 35.0 Å². The van der Waals surface area contributed by atoms with Gasteiger partial charge in [-0.15, -0.1) is 0 Å². The van der Waals surface area contributed by atoms with E-state index < -0.39 is 12.0 Å². The minimum absolute atomic E-state index is 0.0593. The first-order valence-electron chi connectivity index (χ1n) is 10.1. The highest BCUT2D eigenvalue weighted by molar-refractivity contribution is 7.99. The minimum Gasteiger partial charge on any atom is -0.480 e. The topological polar surface area (TPSA) is 86.0 Å². The van der Waals surface area contributed by atoms with Gasteiger partial charge in [-0.1, -0.05) is 41.0 Å². The molecule has 2 N–H and O–H groups in total. The summed E-state index contributed by atoms with van der Waals surface area (Å²) in [6, 6.07) is 10.7. The summed E-state index contributed by atoms with van der Waals surface area (Å²) in [7, 11) is 2.00. The maximum atomic E-state index is 12.5. The third kappa shape index (κ3) is 5.05. The van der Waals surface area contributed by atoms with Crippen molar-refractivity contribution in [2.75, 3.05) is 19.6 Å². The van der Waals surface area contributed by atoms with Gasteiger partial charge in [0.1, 0.15) is 6.04 Å². The number of carboxylic acid groups (broad SMARTS) is 1. The van der Waals surface area contributed by atoms with Crippen molar-refractivity contribution < 1.29 is 19.9 Å². The van der Waals surface area contributed by atoms with Crippen LogP contribution in [-0.2, 0) is 16.6 Å². The molecule has 7 nitrogen and oxygen atoms in total. The SMILES string of the molecule is Cn1ccc2cc(Sc3ccc(/C=C/C(=O)N4CCN(O)C(C(=O)O)C4)c(Cl)c3Cl)ccc21. The van der Waals surface area contributed by atoms with Crippen LogP contribution in [0.25, 0.3) is 17.0 Å². The fraction of sp³-hybridized carbons (Fsp3) is 0.217. The average molecular weight is 506 g/mol. The minimum atomic E-state index is -1.19. The van der Waals surface area contributed by atoms with Crippen LogP contribution in [0.2, 0.25) is 10.0 Å². The number of hydrogen-bond acceptors (Lipinski definition) is 5. The molecule has 10 heteroatoms. The summed E-state index contributed by atoms with van der Waals surface area (Å²) in [5, 5.41) is 21.4. The fourth-order valence-corrected chi connectivity index (χ4v) is 5.13. The van der Waals surface area contributed by atoms with Crippen molar-refractivity contribution >= 4 is 63.8 Å². The third-order valence-electron chi connectivity index (χ3n) is 5.52. The molecular weight excluding hydrogens is 485 g/mol. The lowest BCUT2D eigenvalue weighted by Crippen LogP contribution is -2.56. The summed E-state index contributed by atoms with van der Waals surface area (Å²) < 4.78 is 2.06. The second kappa shape index (κ2) is 9.79. The van der Waals surface area contributed by atoms with E-state index in [0.29, 0.717) is 15.6 Å². The Morgan fingerprint density at radius 3 is 2.67 bits per heavy atom. The van der Waals surface area contributed by atoms with Crippen molar-refractivity contribution in [1.29, 1.82) is 0 Å². The first kappa shape index (κ1) is 23.7. The number of benzene rings is 2. The molecule has 1 saturated heterocycles. The van der Waals surface area contributed by atoms with E-state index in [2.05, 4.69) is 22.8 Å². The molecule has 1 unspecified atom stereocenters. The number of nitrogens with zero attached hydrogens (tertiary/aromatic N) is 3. The zero-order valence-electron chi connectivity index (χ0n) is 17.6. The van der Waals surface area contributed by atoms with Crippen LogP contribution < -0.4 is 0 Å². The van der Waals surface area contributed by atoms with E-state index >= 15 is 0 Å². The predicted octanol–water partition coefficient (Wildman–Crippen LogP) is 4.64. The average Bonchev–Trinajstić information content (AvgIpc) is 3.16. The number of fused-ring (bicyclic) bond motifs is 1. The number of amides is 1. The number of aliphatic carboxylic acids is 1. The number of carbonyl (C=O) groups excluding carboxylic acids is 1. The van der Waals surface area contributed by atoms with Crippen LogP contribution in [0, 0.1) is 0 Å². The molecule has 0 radical (unpaired) electrons. The van der Waals surface area contributed by atoms with Gasteiger partial charge in [-0.25, -0.2) is 0 Å². The van der Waals surface area contributed by atoms with Crippen LogP contribution in [0.1, 0.15) is 5.56 Å². The number of halogens is 2. The lowest BCUT2D eigenvalue weighted by Gasteiger charge is -2.35. The Bertz CT molecular complexity index is 1260. The van der Waals surface area contributed by atoms with Gasteiger partial charge in [-0.3, -0.25) is 9.59 Å². The second-order valence-corrected chi connectivity index (χ2v) is 9.54. The highest BCUT2D eigenvalue weighted by Gasteiger charge is 2.32. The molecule has 0 bridgehead atoms. The van der Waals surface area contributed by atoms with Crippen LogP contribution in [0.15, 0.2) is 58.5 Å². The van der Waals surface area contributed by atoms with Gasteiger partial charge in [-0.2, -0.15) is 5.06 Å². The van der Waals surface area contributed by atoms with Crippen LogP contribution in [0.4, 0.5) is 0 Å². The van der Waals surface area contributed by atoms with E-state index in [4.69, 9.17) is 23.2 Å². The number of piperazine rings is 1. The molecule has 4 rings (SSSR count). The summed E-state index contributed by atoms with van der Waals surface area (Å²) in [5.41, 5.74) is 1.72. The number of carboxylic acids is 1. The molecule has 1 amide bonds. The lowest BCUT2D eigenvalue weighted by atomic mass is 10.1. The molecule has 1 aliphatic heterocycles. The van der Waals surface area contributed by atoms with E-state index in [9.17, 15) is 19.9 Å². The third-order valence-corrected chi connectivity index (χ3v) is 7.57. The van der Waals surface area contributed by atoms with Gasteiger partial charge >= 0.3 is 5.97 Å². The van der Waals surface area contributed by atoms with Crippen molar-refractivity contribution in [2.45, 2.75) is 15.8 Å². The molecule has 1 aliphatic rings. The number of rotatable bonds is 5. The van der Waals surface area contributed by atoms with Crippen molar-refractivity contribution in [3.8, 4) is 0 Å². The van der Waals surface area contributed by atoms with Gasteiger partial charge in [0.2, 0.25) is 5.91 Å². The molecule has 1 fully saturated rings. The van der Waals surface area contributed by atoms with Gasteiger partial charge in [0.15, 0.2) is 0 Å². The van der Waals surface area contributed by atoms with Crippen LogP contribution in [0.5, 0.6) is 0 Å². The monoisotopic (exact) mass is 505 g/mol. The van der Waals surface area contributed by atoms with Gasteiger partial charge in [0.05, 0.1) is 10.0 Å². The second-order valence-electron chi connectivity index (χ2n) is 7.66. The number of hydroxylamine groups is 2. The smallest absolute Gasteiger partial charge is 0.325 e. The van der Waals surface area contributed by atoms with Gasteiger partial charge in [-0.05, 0) is 42.0 Å². The normalized spacial score (nSPS) is 17.2. The van der Waals surface area contributed by atoms with E-state index in [1.165, 1.54) is 22.7 Å². The van der Waals surface area contributed by atoms with E-state index in [0.717, 1.165) is 25.8 Å². The number of hydrogen-bond donors (Lipinski definition) is 2. The maximum Gasteiger partial charge on any atom is 0.325 e. The standard InChI is InChI=1S/C23H21Cl2N3O4S/c1-26-9-8-15-12-16(4-5-17(15)26)33-19-6-2-14(21(24)22(19)25)3-7-20(29)27-10-11-28(32)18(13-27)23(30)31/h2-9,12,18,32H,10-11,13H2,1H3,(H,30,31)/b7-3+. The van der Waals surface area contributed by atoms with Crippen LogP contribution in [-0.4, -0.2) is 62.4 Å². The number of aryl methyl sites for hydroxylation is 1. The Kier molecular flexibility index (Phi) is 7.02. The predicted molar refractivity (Wildman–Crippen MR) is 129 cm³/mol. The summed E-state index contributed by atoms with van der Waals surface area (Å²) in [4.78, 5) is 27.0. The Balaban J connectivity index is 1.48. The Labute approximate surface area is 204 Å². The van der Waals surface area contributed by atoms with Gasteiger partial charge < -0.3 is 19.8 Å². The zero-order chi connectivity index (χ0) is 23.7. The number of aromatic nitrogens is 1. The Morgan fingerprint density at radius 2 is 1.91 bits per heavy atom. The molecule has 2 aromatic carbocycles. The fourth-order valence-electron chi connectivity index (χ4n) is 3.65. The van der Waals surface area contributed by atoms with E-state index in [1.54, 1.807) is 12.1 Å². The van der Waals surface area contributed by atoms with E-state index in [1.807, 2.05) is 25.4 Å². The molecule has 1 atom stereocenters. The summed E-state index contributed by atoms with van der Waals surface area (Å²) in [5.74, 6) is -1.55. The first-order valence-corrected chi connectivity index (χ1v) is 11.7. The summed E-state index contributed by atoms with van der Waals surface area (Å²) in [6.45, 7) is 0.175. The molecule has 3 aromatic rings. The van der Waals surface area contributed by atoms with Crippen molar-refractivity contribution in [1.82, 2.24) is 14.5 Å². The highest BCUT2D eigenvalue weighted by atomic mass is 35.5. The molecule has 0 aliphatic carbocycles. The molecule has 2 heterocycles. The zero-order valence-corrected chi connectivity index (χ0v) is 19.9. The lowest BCUT2D eigenvalue weighted by molar-refractivity contribution is -0.183. The Morgan fingerprint density at radius 1 is 1.12 bits per heavy atom. The first-order chi connectivity index (χ1) is 15.7. The van der Waals surface area contributed by atoms with E-state index in [-0.39, 0.29) is 25.5 Å². The quantitative estimate of drug-likeness (QED) is 0.491. The number of carbonyl (C=O) groups is 2. The highest BCUT2D eigenvalue weighted by Crippen LogP contribution is 2.40. The summed E-state index contributed by atoms with van der Waals surface area (Å²) >= 11 is 14.5. The van der Waals surface area contributed by atoms with Gasteiger partial charge in [0, 0.05) is 59.6 Å². The van der Waals surface area contributed by atoms with Crippen molar-refractivity contribution in [3.63, 3.8) is 0 Å². The largest absolute Gasteiger partial charge is 0.480 e. The molecule has 0 spiro atoms. The molecule has 0 saturated carbocycles. The van der Waals surface area contributed by atoms with Crippen molar-refractivity contribution in [3.05, 3.63) is 64.3 Å².